The van der Waals surface area contributed by atoms with E-state index in [-0.39, 0.29) is 11.5 Å². The molecule has 0 spiro atoms. The summed E-state index contributed by atoms with van der Waals surface area (Å²) in [5.41, 5.74) is 3.52. The first-order valence-corrected chi connectivity index (χ1v) is 10.6. The summed E-state index contributed by atoms with van der Waals surface area (Å²) < 4.78 is 15.0. The fourth-order valence-electron chi connectivity index (χ4n) is 4.44. The average Bonchev–Trinajstić information content (AvgIpc) is 3.55. The van der Waals surface area contributed by atoms with Crippen LogP contribution in [0, 0.1) is 5.82 Å². The summed E-state index contributed by atoms with van der Waals surface area (Å²) in [6, 6.07) is 16.5. The average molecular weight is 436 g/mol. The van der Waals surface area contributed by atoms with Gasteiger partial charge in [-0.15, -0.1) is 0 Å². The molecule has 1 unspecified atom stereocenters. The van der Waals surface area contributed by atoms with Crippen LogP contribution in [0.4, 0.5) is 15.8 Å². The molecule has 6 heteroatoms. The molecule has 1 atom stereocenters. The molecular formula is C25H19ClFNO3. The molecule has 5 rings (SSSR count). The van der Waals surface area contributed by atoms with Crippen LogP contribution in [0.5, 0.6) is 0 Å². The maximum Gasteiger partial charge on any atom is 0.335 e. The predicted octanol–water partition coefficient (Wildman–Crippen LogP) is 6.06. The van der Waals surface area contributed by atoms with Gasteiger partial charge in [-0.3, -0.25) is 9.69 Å². The zero-order valence-electron chi connectivity index (χ0n) is 16.5. The Bertz CT molecular complexity index is 1200. The van der Waals surface area contributed by atoms with Gasteiger partial charge in [-0.05, 0) is 78.8 Å². The number of anilines is 2. The lowest BCUT2D eigenvalue weighted by atomic mass is 9.89. The van der Waals surface area contributed by atoms with Crippen molar-refractivity contribution >= 4 is 34.9 Å². The van der Waals surface area contributed by atoms with Crippen molar-refractivity contribution in [3.63, 3.8) is 0 Å². The summed E-state index contributed by atoms with van der Waals surface area (Å²) in [5.74, 6) is -1.97. The van der Waals surface area contributed by atoms with Crippen LogP contribution in [-0.2, 0) is 11.2 Å². The summed E-state index contributed by atoms with van der Waals surface area (Å²) in [6.45, 7) is 0. The smallest absolute Gasteiger partial charge is 0.335 e. The molecule has 2 aliphatic rings. The Morgan fingerprint density at radius 3 is 2.45 bits per heavy atom. The highest BCUT2D eigenvalue weighted by Gasteiger charge is 2.41. The second-order valence-electron chi connectivity index (χ2n) is 8.04. The normalized spacial score (nSPS) is 17.7. The molecule has 3 aromatic carbocycles. The number of benzene rings is 3. The standard InChI is InChI=1S/C25H19ClFNO3/c26-20-4-1-3-17(14-7-8-14)18(20)13-19-23-21(27)5-2-6-22(23)28(24(19)29)16-11-9-15(10-12-16)25(30)31/h1-6,9-12,14,19H,7-8,13H2,(H,30,31). The van der Waals surface area contributed by atoms with E-state index >= 15 is 0 Å². The number of carbonyl (C=O) groups excluding carboxylic acids is 1. The number of fused-ring (bicyclic) bond motifs is 1. The van der Waals surface area contributed by atoms with E-state index in [0.717, 1.165) is 24.0 Å². The highest BCUT2D eigenvalue weighted by molar-refractivity contribution is 6.31. The highest BCUT2D eigenvalue weighted by Crippen LogP contribution is 2.48. The maximum atomic E-state index is 15.0. The van der Waals surface area contributed by atoms with Crippen LogP contribution in [-0.4, -0.2) is 17.0 Å². The first-order chi connectivity index (χ1) is 15.0. The van der Waals surface area contributed by atoms with E-state index in [1.165, 1.54) is 23.1 Å². The number of nitrogens with zero attached hydrogens (tertiary/aromatic N) is 1. The minimum Gasteiger partial charge on any atom is -0.478 e. The lowest BCUT2D eigenvalue weighted by Gasteiger charge is -2.19. The van der Waals surface area contributed by atoms with Gasteiger partial charge in [0.2, 0.25) is 5.91 Å². The minimum atomic E-state index is -1.05. The number of carboxylic acid groups (broad SMARTS) is 1. The third kappa shape index (κ3) is 3.39. The molecule has 1 aliphatic heterocycles. The third-order valence-electron chi connectivity index (χ3n) is 6.09. The van der Waals surface area contributed by atoms with Gasteiger partial charge < -0.3 is 5.11 Å². The number of hydrogen-bond donors (Lipinski definition) is 1. The summed E-state index contributed by atoms with van der Waals surface area (Å²) in [5, 5.41) is 9.75. The van der Waals surface area contributed by atoms with Gasteiger partial charge in [-0.1, -0.05) is 29.8 Å². The van der Waals surface area contributed by atoms with Gasteiger partial charge in [0.1, 0.15) is 5.82 Å². The van der Waals surface area contributed by atoms with E-state index in [1.54, 1.807) is 24.3 Å². The Hall–Kier alpha value is -3.18. The van der Waals surface area contributed by atoms with Gasteiger partial charge in [-0.25, -0.2) is 9.18 Å². The molecular weight excluding hydrogens is 417 g/mol. The fourth-order valence-corrected chi connectivity index (χ4v) is 4.70. The second-order valence-corrected chi connectivity index (χ2v) is 8.44. The van der Waals surface area contributed by atoms with Crippen LogP contribution in [0.3, 0.4) is 0 Å². The number of halogens is 2. The van der Waals surface area contributed by atoms with Gasteiger partial charge in [0.05, 0.1) is 17.2 Å². The quantitative estimate of drug-likeness (QED) is 0.530. The van der Waals surface area contributed by atoms with Crippen molar-refractivity contribution in [1.29, 1.82) is 0 Å². The van der Waals surface area contributed by atoms with Crippen LogP contribution >= 0.6 is 11.6 Å². The van der Waals surface area contributed by atoms with E-state index in [1.807, 2.05) is 18.2 Å². The molecule has 1 fully saturated rings. The first kappa shape index (κ1) is 19.8. The van der Waals surface area contributed by atoms with Crippen molar-refractivity contribution < 1.29 is 19.1 Å². The first-order valence-electron chi connectivity index (χ1n) is 10.2. The fraction of sp³-hybridized carbons (Fsp3) is 0.200. The molecule has 1 N–H and O–H groups in total. The monoisotopic (exact) mass is 435 g/mol. The van der Waals surface area contributed by atoms with Crippen molar-refractivity contribution in [2.24, 2.45) is 0 Å². The van der Waals surface area contributed by atoms with Crippen molar-refractivity contribution in [3.8, 4) is 0 Å². The van der Waals surface area contributed by atoms with Crippen molar-refractivity contribution in [2.45, 2.75) is 31.1 Å². The van der Waals surface area contributed by atoms with Crippen LogP contribution < -0.4 is 4.90 Å². The molecule has 1 amide bonds. The third-order valence-corrected chi connectivity index (χ3v) is 6.44. The Morgan fingerprint density at radius 2 is 1.77 bits per heavy atom. The second kappa shape index (κ2) is 7.50. The summed E-state index contributed by atoms with van der Waals surface area (Å²) in [6.07, 6.45) is 2.51. The molecule has 0 bridgehead atoms. The van der Waals surface area contributed by atoms with Crippen molar-refractivity contribution in [3.05, 3.63) is 93.8 Å². The number of amides is 1. The van der Waals surface area contributed by atoms with E-state index in [9.17, 15) is 14.0 Å². The van der Waals surface area contributed by atoms with Crippen molar-refractivity contribution in [1.82, 2.24) is 0 Å². The van der Waals surface area contributed by atoms with Gasteiger partial charge in [-0.2, -0.15) is 0 Å². The van der Waals surface area contributed by atoms with E-state index in [0.29, 0.717) is 34.3 Å². The van der Waals surface area contributed by atoms with Crippen LogP contribution in [0.1, 0.15) is 51.7 Å². The van der Waals surface area contributed by atoms with Gasteiger partial charge in [0.25, 0.3) is 0 Å². The molecule has 1 aliphatic carbocycles. The number of carbonyl (C=O) groups is 2. The van der Waals surface area contributed by atoms with Gasteiger partial charge >= 0.3 is 5.97 Å². The number of aromatic carboxylic acids is 1. The minimum absolute atomic E-state index is 0.122. The Labute approximate surface area is 183 Å². The maximum absolute atomic E-state index is 15.0. The Morgan fingerprint density at radius 1 is 1.06 bits per heavy atom. The van der Waals surface area contributed by atoms with Crippen LogP contribution in [0.15, 0.2) is 60.7 Å². The Kier molecular flexibility index (Phi) is 4.78. The molecule has 0 aromatic heterocycles. The van der Waals surface area contributed by atoms with Gasteiger partial charge in [0.15, 0.2) is 0 Å². The molecule has 3 aromatic rings. The predicted molar refractivity (Wildman–Crippen MR) is 117 cm³/mol. The molecule has 1 saturated carbocycles. The molecule has 0 saturated heterocycles. The number of rotatable bonds is 5. The van der Waals surface area contributed by atoms with Crippen LogP contribution in [0.25, 0.3) is 0 Å². The zero-order valence-corrected chi connectivity index (χ0v) is 17.3. The topological polar surface area (TPSA) is 57.6 Å². The van der Waals surface area contributed by atoms with Crippen molar-refractivity contribution in [2.75, 3.05) is 4.90 Å². The van der Waals surface area contributed by atoms with E-state index in [2.05, 4.69) is 0 Å². The largest absolute Gasteiger partial charge is 0.478 e. The molecule has 0 radical (unpaired) electrons. The Balaban J connectivity index is 1.58. The number of carboxylic acids is 1. The lowest BCUT2D eigenvalue weighted by molar-refractivity contribution is -0.118. The summed E-state index contributed by atoms with van der Waals surface area (Å²) >= 11 is 6.52. The number of hydrogen-bond acceptors (Lipinski definition) is 2. The molecule has 1 heterocycles. The molecule has 156 valence electrons. The molecule has 4 nitrogen and oxygen atoms in total. The van der Waals surface area contributed by atoms with Gasteiger partial charge in [0, 0.05) is 16.3 Å². The summed E-state index contributed by atoms with van der Waals surface area (Å²) in [4.78, 5) is 26.2. The van der Waals surface area contributed by atoms with E-state index < -0.39 is 17.7 Å². The zero-order chi connectivity index (χ0) is 21.7. The molecule has 31 heavy (non-hydrogen) atoms. The SMILES string of the molecule is O=C(O)c1ccc(N2C(=O)C(Cc3c(Cl)cccc3C3CC3)c3c(F)cccc32)cc1. The summed E-state index contributed by atoms with van der Waals surface area (Å²) in [7, 11) is 0. The van der Waals surface area contributed by atoms with Crippen LogP contribution in [0.2, 0.25) is 5.02 Å². The highest BCUT2D eigenvalue weighted by atomic mass is 35.5. The lowest BCUT2D eigenvalue weighted by Crippen LogP contribution is -2.25. The van der Waals surface area contributed by atoms with E-state index in [4.69, 9.17) is 16.7 Å².